The largest absolute Gasteiger partial charge is 0.481 e. The van der Waals surface area contributed by atoms with E-state index in [9.17, 15) is 9.59 Å². The molecule has 0 unspecified atom stereocenters. The smallest absolute Gasteiger partial charge is 0.322 e. The molecule has 6 heteroatoms. The second-order valence-corrected chi connectivity index (χ2v) is 6.73. The lowest BCUT2D eigenvalue weighted by Gasteiger charge is -2.35. The number of nitrogens with one attached hydrogen (secondary N) is 1. The number of hydrogen-bond donors (Lipinski definition) is 2. The van der Waals surface area contributed by atoms with Crippen LogP contribution in [0.4, 0.5) is 10.5 Å². The average molecular weight is 357 g/mol. The van der Waals surface area contributed by atoms with E-state index in [0.29, 0.717) is 5.69 Å². The Kier molecular flexibility index (Phi) is 5.78. The number of amides is 2. The summed E-state index contributed by atoms with van der Waals surface area (Å²) in [5, 5.41) is 11.6. The summed E-state index contributed by atoms with van der Waals surface area (Å²) in [6, 6.07) is 5.35. The van der Waals surface area contributed by atoms with Crippen LogP contribution < -0.4 is 5.32 Å². The maximum atomic E-state index is 12.4. The van der Waals surface area contributed by atoms with Crippen molar-refractivity contribution in [3.05, 3.63) is 28.2 Å². The standard InChI is InChI=1S/C15H21BrN2O3/c1-10-5-6-11(16)12(9-10)17-14(21)18(15(2,3)4)8-7-13(19)20/h5-6,9H,7-8H2,1-4H3,(H,17,21)(H,19,20). The predicted molar refractivity (Wildman–Crippen MR) is 86.6 cm³/mol. The highest BCUT2D eigenvalue weighted by Crippen LogP contribution is 2.25. The lowest BCUT2D eigenvalue weighted by atomic mass is 10.1. The molecule has 0 aliphatic carbocycles. The molecule has 0 saturated carbocycles. The van der Waals surface area contributed by atoms with Crippen molar-refractivity contribution >= 4 is 33.6 Å². The van der Waals surface area contributed by atoms with Crippen LogP contribution in [0.2, 0.25) is 0 Å². The number of aryl methyl sites for hydroxylation is 1. The Morgan fingerprint density at radius 2 is 1.95 bits per heavy atom. The van der Waals surface area contributed by atoms with Crippen LogP contribution in [-0.4, -0.2) is 34.1 Å². The molecule has 0 atom stereocenters. The molecule has 1 rings (SSSR count). The lowest BCUT2D eigenvalue weighted by Crippen LogP contribution is -2.48. The van der Waals surface area contributed by atoms with Crippen molar-refractivity contribution in [2.45, 2.75) is 39.7 Å². The molecule has 2 N–H and O–H groups in total. The number of nitrogens with zero attached hydrogens (tertiary/aromatic N) is 1. The fourth-order valence-corrected chi connectivity index (χ4v) is 2.21. The van der Waals surface area contributed by atoms with Gasteiger partial charge < -0.3 is 15.3 Å². The highest BCUT2D eigenvalue weighted by molar-refractivity contribution is 9.10. The first-order chi connectivity index (χ1) is 9.61. The number of hydrogen-bond acceptors (Lipinski definition) is 2. The van der Waals surface area contributed by atoms with Gasteiger partial charge in [0.15, 0.2) is 0 Å². The van der Waals surface area contributed by atoms with Crippen LogP contribution in [0.1, 0.15) is 32.8 Å². The van der Waals surface area contributed by atoms with E-state index in [-0.39, 0.29) is 19.0 Å². The maximum absolute atomic E-state index is 12.4. The molecule has 1 aromatic rings. The summed E-state index contributed by atoms with van der Waals surface area (Å²) in [4.78, 5) is 24.7. The van der Waals surface area contributed by atoms with Gasteiger partial charge in [0.2, 0.25) is 0 Å². The number of carbonyl (C=O) groups is 2. The van der Waals surface area contributed by atoms with Crippen LogP contribution in [0, 0.1) is 6.92 Å². The fourth-order valence-electron chi connectivity index (χ4n) is 1.87. The Bertz CT molecular complexity index is 538. The third kappa shape index (κ3) is 5.38. The van der Waals surface area contributed by atoms with Gasteiger partial charge in [-0.1, -0.05) is 6.07 Å². The SMILES string of the molecule is Cc1ccc(Br)c(NC(=O)N(CCC(=O)O)C(C)(C)C)c1. The van der Waals surface area contributed by atoms with Crippen molar-refractivity contribution in [3.8, 4) is 0 Å². The number of rotatable bonds is 4. The molecule has 21 heavy (non-hydrogen) atoms. The van der Waals surface area contributed by atoms with E-state index >= 15 is 0 Å². The zero-order valence-corrected chi connectivity index (χ0v) is 14.3. The molecule has 5 nitrogen and oxygen atoms in total. The summed E-state index contributed by atoms with van der Waals surface area (Å²) < 4.78 is 0.786. The van der Waals surface area contributed by atoms with Crippen molar-refractivity contribution in [2.75, 3.05) is 11.9 Å². The maximum Gasteiger partial charge on any atom is 0.322 e. The molecule has 0 radical (unpaired) electrons. The highest BCUT2D eigenvalue weighted by Gasteiger charge is 2.27. The average Bonchev–Trinajstić information content (AvgIpc) is 2.32. The van der Waals surface area contributed by atoms with E-state index in [1.54, 1.807) is 0 Å². The summed E-state index contributed by atoms with van der Waals surface area (Å²) in [5.74, 6) is -0.922. The van der Waals surface area contributed by atoms with Gasteiger partial charge in [-0.05, 0) is 61.3 Å². The zero-order chi connectivity index (χ0) is 16.2. The van der Waals surface area contributed by atoms with E-state index in [4.69, 9.17) is 5.11 Å². The van der Waals surface area contributed by atoms with Crippen LogP contribution >= 0.6 is 15.9 Å². The summed E-state index contributed by atoms with van der Waals surface area (Å²) in [6.45, 7) is 7.72. The molecule has 0 spiro atoms. The van der Waals surface area contributed by atoms with Gasteiger partial charge in [-0.3, -0.25) is 4.79 Å². The summed E-state index contributed by atoms with van der Waals surface area (Å²) >= 11 is 3.39. The Morgan fingerprint density at radius 1 is 1.33 bits per heavy atom. The summed E-state index contributed by atoms with van der Waals surface area (Å²) in [7, 11) is 0. The quantitative estimate of drug-likeness (QED) is 0.860. The number of urea groups is 1. The van der Waals surface area contributed by atoms with Gasteiger partial charge in [0.05, 0.1) is 12.1 Å². The molecule has 0 aliphatic heterocycles. The first-order valence-electron chi connectivity index (χ1n) is 6.68. The highest BCUT2D eigenvalue weighted by atomic mass is 79.9. The summed E-state index contributed by atoms with van der Waals surface area (Å²) in [6.07, 6.45) is -0.0837. The van der Waals surface area contributed by atoms with E-state index in [1.807, 2.05) is 45.9 Å². The third-order valence-electron chi connectivity index (χ3n) is 2.97. The van der Waals surface area contributed by atoms with Gasteiger partial charge in [0.25, 0.3) is 0 Å². The Morgan fingerprint density at radius 3 is 2.48 bits per heavy atom. The second-order valence-electron chi connectivity index (χ2n) is 5.88. The molecule has 0 aliphatic rings. The molecule has 116 valence electrons. The van der Waals surface area contributed by atoms with Gasteiger partial charge in [0.1, 0.15) is 0 Å². The van der Waals surface area contributed by atoms with Gasteiger partial charge in [0, 0.05) is 16.6 Å². The van der Waals surface area contributed by atoms with Crippen LogP contribution in [-0.2, 0) is 4.79 Å². The number of carbonyl (C=O) groups excluding carboxylic acids is 1. The summed E-state index contributed by atoms with van der Waals surface area (Å²) in [5.41, 5.74) is 1.24. The topological polar surface area (TPSA) is 69.6 Å². The Hall–Kier alpha value is -1.56. The van der Waals surface area contributed by atoms with Crippen LogP contribution in [0.25, 0.3) is 0 Å². The van der Waals surface area contributed by atoms with Crippen molar-refractivity contribution in [1.82, 2.24) is 4.90 Å². The fraction of sp³-hybridized carbons (Fsp3) is 0.467. The number of carboxylic acid groups (broad SMARTS) is 1. The molecule has 1 aromatic carbocycles. The third-order valence-corrected chi connectivity index (χ3v) is 3.66. The van der Waals surface area contributed by atoms with Crippen molar-refractivity contribution in [2.24, 2.45) is 0 Å². The Labute approximate surface area is 133 Å². The number of carboxylic acids is 1. The van der Waals surface area contributed by atoms with E-state index < -0.39 is 11.5 Å². The Balaban J connectivity index is 2.90. The van der Waals surface area contributed by atoms with E-state index in [0.717, 1.165) is 10.0 Å². The van der Waals surface area contributed by atoms with Gasteiger partial charge >= 0.3 is 12.0 Å². The number of benzene rings is 1. The van der Waals surface area contributed by atoms with Crippen LogP contribution in [0.15, 0.2) is 22.7 Å². The van der Waals surface area contributed by atoms with Crippen LogP contribution in [0.3, 0.4) is 0 Å². The number of anilines is 1. The minimum atomic E-state index is -0.922. The molecule has 0 bridgehead atoms. The normalized spacial score (nSPS) is 11.1. The number of halogens is 1. The first kappa shape index (κ1) is 17.5. The molecule has 0 saturated heterocycles. The molecular weight excluding hydrogens is 336 g/mol. The van der Waals surface area contributed by atoms with Crippen molar-refractivity contribution < 1.29 is 14.7 Å². The predicted octanol–water partition coefficient (Wildman–Crippen LogP) is 3.86. The van der Waals surface area contributed by atoms with Gasteiger partial charge in [-0.15, -0.1) is 0 Å². The lowest BCUT2D eigenvalue weighted by molar-refractivity contribution is -0.137. The second kappa shape index (κ2) is 6.93. The van der Waals surface area contributed by atoms with Crippen molar-refractivity contribution in [1.29, 1.82) is 0 Å². The van der Waals surface area contributed by atoms with Crippen molar-refractivity contribution in [3.63, 3.8) is 0 Å². The van der Waals surface area contributed by atoms with Crippen LogP contribution in [0.5, 0.6) is 0 Å². The minimum Gasteiger partial charge on any atom is -0.481 e. The van der Waals surface area contributed by atoms with Gasteiger partial charge in [-0.2, -0.15) is 0 Å². The molecule has 0 heterocycles. The van der Waals surface area contributed by atoms with E-state index in [2.05, 4.69) is 21.2 Å². The first-order valence-corrected chi connectivity index (χ1v) is 7.47. The number of aliphatic carboxylic acids is 1. The van der Waals surface area contributed by atoms with E-state index in [1.165, 1.54) is 4.90 Å². The zero-order valence-electron chi connectivity index (χ0n) is 12.7. The molecular formula is C15H21BrN2O3. The molecule has 0 aromatic heterocycles. The molecule has 2 amide bonds. The van der Waals surface area contributed by atoms with Gasteiger partial charge in [-0.25, -0.2) is 4.79 Å². The monoisotopic (exact) mass is 356 g/mol. The minimum absolute atomic E-state index is 0.0837. The molecule has 0 fully saturated rings.